The molecule has 1 aromatic carbocycles. The van der Waals surface area contributed by atoms with Gasteiger partial charge in [0.05, 0.1) is 0 Å². The van der Waals surface area contributed by atoms with Crippen LogP contribution in [0.2, 0.25) is 0 Å². The van der Waals surface area contributed by atoms with Crippen LogP contribution < -0.4 is 19.5 Å². The molecule has 0 aliphatic carbocycles. The van der Waals surface area contributed by atoms with E-state index in [1.54, 1.807) is 11.6 Å². The number of aromatic nitrogens is 2. The van der Waals surface area contributed by atoms with Crippen LogP contribution in [0.15, 0.2) is 24.3 Å². The van der Waals surface area contributed by atoms with Crippen LogP contribution in [0, 0.1) is 0 Å². The molecule has 0 aliphatic heterocycles. The van der Waals surface area contributed by atoms with Crippen LogP contribution in [0.5, 0.6) is 17.5 Å². The molecule has 0 saturated heterocycles. The molecule has 0 atom stereocenters. The molecule has 0 fully saturated rings. The zero-order valence-corrected chi connectivity index (χ0v) is 14.2. The molecule has 0 unspecified atom stereocenters. The Kier molecular flexibility index (Phi) is 6.31. The van der Waals surface area contributed by atoms with E-state index in [1.807, 2.05) is 6.92 Å². The maximum atomic E-state index is 12.2. The van der Waals surface area contributed by atoms with Gasteiger partial charge in [0.15, 0.2) is 12.1 Å². The highest BCUT2D eigenvalue weighted by molar-refractivity contribution is 5.80. The topological polar surface area (TPSA) is 74.6 Å². The van der Waals surface area contributed by atoms with Gasteiger partial charge < -0.3 is 19.5 Å². The molecular weight excluding hydrogens is 355 g/mol. The first-order valence-corrected chi connectivity index (χ1v) is 7.72. The largest absolute Gasteiger partial charge is 0.573 e. The number of halogens is 3. The first-order chi connectivity index (χ1) is 12.4. The smallest absolute Gasteiger partial charge is 0.490 e. The Morgan fingerprint density at radius 3 is 2.54 bits per heavy atom. The Bertz CT molecular complexity index is 747. The summed E-state index contributed by atoms with van der Waals surface area (Å²) in [5, 5.41) is 2.80. The van der Waals surface area contributed by atoms with E-state index < -0.39 is 6.36 Å². The van der Waals surface area contributed by atoms with Crippen molar-refractivity contribution in [2.45, 2.75) is 19.8 Å². The summed E-state index contributed by atoms with van der Waals surface area (Å²) in [4.78, 5) is 15.3. The third-order valence-electron chi connectivity index (χ3n) is 3.26. The summed E-state index contributed by atoms with van der Waals surface area (Å²) < 4.78 is 52.9. The van der Waals surface area contributed by atoms with E-state index in [4.69, 9.17) is 9.47 Å². The van der Waals surface area contributed by atoms with Crippen molar-refractivity contribution in [2.75, 3.05) is 25.6 Å². The molecule has 1 aromatic heterocycles. The number of carbonyl (C=O) groups excluding carboxylic acids is 1. The number of imidazole rings is 1. The number of ether oxygens (including phenoxy) is 3. The van der Waals surface area contributed by atoms with Crippen molar-refractivity contribution < 1.29 is 32.2 Å². The molecule has 26 heavy (non-hydrogen) atoms. The summed E-state index contributed by atoms with van der Waals surface area (Å²) in [6.45, 7) is 2.47. The van der Waals surface area contributed by atoms with Crippen LogP contribution in [-0.2, 0) is 6.54 Å². The molecule has 1 N–H and O–H groups in total. The Morgan fingerprint density at radius 1 is 1.23 bits per heavy atom. The van der Waals surface area contributed by atoms with Crippen LogP contribution in [0.1, 0.15) is 17.4 Å². The number of rotatable bonds is 9. The van der Waals surface area contributed by atoms with Crippen molar-refractivity contribution in [3.8, 4) is 17.5 Å². The van der Waals surface area contributed by atoms with Crippen molar-refractivity contribution in [3.05, 3.63) is 30.0 Å². The maximum absolute atomic E-state index is 12.2. The average Bonchev–Trinajstić information content (AvgIpc) is 2.94. The van der Waals surface area contributed by atoms with Gasteiger partial charge >= 0.3 is 6.36 Å². The molecular formula is C16H18F3N3O4. The molecule has 1 heterocycles. The number of carbonyl (C=O) groups is 1. The molecule has 2 rings (SSSR count). The predicted molar refractivity (Wildman–Crippen MR) is 87.0 cm³/mol. The number of nitrogens with one attached hydrogen (secondary N) is 1. The Morgan fingerprint density at radius 2 is 1.92 bits per heavy atom. The molecule has 7 nitrogen and oxygen atoms in total. The van der Waals surface area contributed by atoms with Crippen LogP contribution >= 0.6 is 0 Å². The maximum Gasteiger partial charge on any atom is 0.573 e. The summed E-state index contributed by atoms with van der Waals surface area (Å²) in [5.41, 5.74) is 0.364. The lowest BCUT2D eigenvalue weighted by Crippen LogP contribution is -2.17. The molecule has 2 aromatic rings. The number of hydrogen-bond donors (Lipinski definition) is 1. The highest BCUT2D eigenvalue weighted by Crippen LogP contribution is 2.26. The van der Waals surface area contributed by atoms with E-state index >= 15 is 0 Å². The highest BCUT2D eigenvalue weighted by atomic mass is 19.4. The molecule has 142 valence electrons. The van der Waals surface area contributed by atoms with Crippen LogP contribution in [0.3, 0.4) is 0 Å². The fourth-order valence-corrected chi connectivity index (χ4v) is 2.22. The molecule has 0 saturated carbocycles. The number of benzene rings is 1. The van der Waals surface area contributed by atoms with Gasteiger partial charge in [0.1, 0.15) is 30.4 Å². The van der Waals surface area contributed by atoms with Crippen molar-refractivity contribution >= 4 is 12.1 Å². The lowest BCUT2D eigenvalue weighted by molar-refractivity contribution is -0.274. The minimum Gasteiger partial charge on any atom is -0.490 e. The van der Waals surface area contributed by atoms with Gasteiger partial charge in [-0.1, -0.05) is 6.07 Å². The zero-order valence-electron chi connectivity index (χ0n) is 14.2. The van der Waals surface area contributed by atoms with Crippen molar-refractivity contribution in [2.24, 2.45) is 0 Å². The Balaban J connectivity index is 1.92. The van der Waals surface area contributed by atoms with Gasteiger partial charge in [0.2, 0.25) is 0 Å². The van der Waals surface area contributed by atoms with E-state index in [0.29, 0.717) is 24.3 Å². The van der Waals surface area contributed by atoms with Gasteiger partial charge in [-0.15, -0.1) is 13.2 Å². The summed E-state index contributed by atoms with van der Waals surface area (Å²) in [7, 11) is 1.64. The van der Waals surface area contributed by atoms with Gasteiger partial charge in [0.25, 0.3) is 6.01 Å². The number of hydrogen-bond acceptors (Lipinski definition) is 6. The molecule has 0 spiro atoms. The van der Waals surface area contributed by atoms with Gasteiger partial charge in [0, 0.05) is 19.7 Å². The second-order valence-corrected chi connectivity index (χ2v) is 4.96. The van der Waals surface area contributed by atoms with E-state index in [-0.39, 0.29) is 30.7 Å². The molecule has 0 aliphatic rings. The van der Waals surface area contributed by atoms with Gasteiger partial charge in [-0.3, -0.25) is 9.36 Å². The number of nitrogens with zero attached hydrogens (tertiary/aromatic N) is 2. The average molecular weight is 373 g/mol. The predicted octanol–water partition coefficient (Wildman–Crippen LogP) is 3.11. The SMILES string of the molecule is CCn1c(OCCOc2cccc(OC(F)(F)F)c2)nc(NC)c1C=O. The Hall–Kier alpha value is -2.91. The first-order valence-electron chi connectivity index (χ1n) is 7.72. The van der Waals surface area contributed by atoms with Crippen LogP contribution in [0.4, 0.5) is 19.0 Å². The van der Waals surface area contributed by atoms with Gasteiger partial charge in [-0.2, -0.15) is 4.98 Å². The standard InChI is InChI=1S/C16H18F3N3O4/c1-3-22-13(10-23)14(20-2)21-15(22)25-8-7-24-11-5-4-6-12(9-11)26-16(17,18)19/h4-6,9-10,20H,3,7-8H2,1-2H3. The fourth-order valence-electron chi connectivity index (χ4n) is 2.22. The quantitative estimate of drug-likeness (QED) is 0.538. The normalized spacial score (nSPS) is 11.1. The van der Waals surface area contributed by atoms with E-state index in [9.17, 15) is 18.0 Å². The monoisotopic (exact) mass is 373 g/mol. The minimum absolute atomic E-state index is 0.0668. The first kappa shape index (κ1) is 19.4. The van der Waals surface area contributed by atoms with Gasteiger partial charge in [-0.25, -0.2) is 0 Å². The summed E-state index contributed by atoms with van der Waals surface area (Å²) in [6, 6.07) is 5.44. The van der Waals surface area contributed by atoms with E-state index in [0.717, 1.165) is 6.07 Å². The summed E-state index contributed by atoms with van der Waals surface area (Å²) in [5.74, 6) is 0.236. The molecule has 0 bridgehead atoms. The fraction of sp³-hybridized carbons (Fsp3) is 0.375. The van der Waals surface area contributed by atoms with Crippen molar-refractivity contribution in [1.82, 2.24) is 9.55 Å². The van der Waals surface area contributed by atoms with Crippen LogP contribution in [-0.4, -0.2) is 42.5 Å². The molecule has 10 heteroatoms. The Labute approximate surface area is 147 Å². The number of alkyl halides is 3. The highest BCUT2D eigenvalue weighted by Gasteiger charge is 2.31. The number of anilines is 1. The lowest BCUT2D eigenvalue weighted by Gasteiger charge is -2.11. The summed E-state index contributed by atoms with van der Waals surface area (Å²) in [6.07, 6.45) is -4.09. The third kappa shape index (κ3) is 5.04. The summed E-state index contributed by atoms with van der Waals surface area (Å²) >= 11 is 0. The minimum atomic E-state index is -4.76. The zero-order chi connectivity index (χ0) is 19.2. The van der Waals surface area contributed by atoms with Crippen molar-refractivity contribution in [1.29, 1.82) is 0 Å². The van der Waals surface area contributed by atoms with Crippen LogP contribution in [0.25, 0.3) is 0 Å². The third-order valence-corrected chi connectivity index (χ3v) is 3.26. The lowest BCUT2D eigenvalue weighted by atomic mass is 10.3. The molecule has 0 radical (unpaired) electrons. The van der Waals surface area contributed by atoms with Gasteiger partial charge in [-0.05, 0) is 19.1 Å². The number of aldehydes is 1. The van der Waals surface area contributed by atoms with E-state index in [1.165, 1.54) is 18.2 Å². The second-order valence-electron chi connectivity index (χ2n) is 4.96. The second kappa shape index (κ2) is 8.45. The van der Waals surface area contributed by atoms with E-state index in [2.05, 4.69) is 15.0 Å². The van der Waals surface area contributed by atoms with Crippen molar-refractivity contribution in [3.63, 3.8) is 0 Å². The molecule has 0 amide bonds.